The minimum atomic E-state index is -0.273. The second-order valence-corrected chi connectivity index (χ2v) is 5.65. The van der Waals surface area contributed by atoms with Gasteiger partial charge in [0.05, 0.1) is 6.10 Å². The third kappa shape index (κ3) is 2.72. The molecule has 2 heterocycles. The van der Waals surface area contributed by atoms with Crippen LogP contribution in [0.5, 0.6) is 0 Å². The topological polar surface area (TPSA) is 55.6 Å². The van der Waals surface area contributed by atoms with Crippen LogP contribution in [0.1, 0.15) is 24.0 Å². The van der Waals surface area contributed by atoms with Crippen LogP contribution in [-0.4, -0.2) is 42.6 Å². The quantitative estimate of drug-likeness (QED) is 0.879. The van der Waals surface area contributed by atoms with Gasteiger partial charge in [-0.15, -0.1) is 0 Å². The molecule has 4 nitrogen and oxygen atoms in total. The van der Waals surface area contributed by atoms with Gasteiger partial charge in [-0.1, -0.05) is 24.3 Å². The number of amides is 1. The van der Waals surface area contributed by atoms with E-state index >= 15 is 0 Å². The lowest BCUT2D eigenvalue weighted by molar-refractivity contribution is -0.142. The van der Waals surface area contributed by atoms with Gasteiger partial charge in [-0.3, -0.25) is 4.79 Å². The van der Waals surface area contributed by atoms with Crippen molar-refractivity contribution in [3.8, 4) is 0 Å². The van der Waals surface area contributed by atoms with E-state index in [-0.39, 0.29) is 18.1 Å². The van der Waals surface area contributed by atoms with Crippen LogP contribution in [0.15, 0.2) is 24.3 Å². The molecule has 20 heavy (non-hydrogen) atoms. The van der Waals surface area contributed by atoms with Crippen molar-refractivity contribution >= 4 is 5.91 Å². The van der Waals surface area contributed by atoms with Gasteiger partial charge in [0.25, 0.3) is 5.91 Å². The average molecular weight is 274 g/mol. The van der Waals surface area contributed by atoms with E-state index in [9.17, 15) is 4.79 Å². The number of nitrogens with two attached hydrogens (primary N) is 1. The Bertz CT molecular complexity index is 462. The predicted octanol–water partition coefficient (Wildman–Crippen LogP) is 1.12. The fourth-order valence-corrected chi connectivity index (χ4v) is 3.15. The summed E-state index contributed by atoms with van der Waals surface area (Å²) in [5, 5.41) is 0. The summed E-state index contributed by atoms with van der Waals surface area (Å²) >= 11 is 0. The van der Waals surface area contributed by atoms with Gasteiger partial charge in [0.15, 0.2) is 0 Å². The van der Waals surface area contributed by atoms with Gasteiger partial charge in [0, 0.05) is 19.6 Å². The number of ether oxygens (including phenoxy) is 1. The molecule has 2 atom stereocenters. The lowest BCUT2D eigenvalue weighted by atomic mass is 10.0. The standard InChI is InChI=1S/C16H22N2O2/c17-11-14-5-6-15(20-14)16(19)18-9-7-12-3-1-2-4-13(12)8-10-18/h1-4,14-15H,5-11,17H2. The highest BCUT2D eigenvalue weighted by atomic mass is 16.5. The summed E-state index contributed by atoms with van der Waals surface area (Å²) in [4.78, 5) is 14.5. The number of carbonyl (C=O) groups is 1. The molecule has 0 saturated carbocycles. The van der Waals surface area contributed by atoms with Gasteiger partial charge in [-0.05, 0) is 36.8 Å². The molecule has 1 aromatic rings. The zero-order valence-electron chi connectivity index (χ0n) is 11.8. The molecule has 108 valence electrons. The smallest absolute Gasteiger partial charge is 0.251 e. The number of nitrogens with zero attached hydrogens (tertiary/aromatic N) is 1. The maximum absolute atomic E-state index is 12.5. The Morgan fingerprint density at radius 2 is 1.85 bits per heavy atom. The molecular formula is C16H22N2O2. The summed E-state index contributed by atoms with van der Waals surface area (Å²) < 4.78 is 5.73. The third-order valence-electron chi connectivity index (χ3n) is 4.38. The van der Waals surface area contributed by atoms with Crippen LogP contribution in [0.4, 0.5) is 0 Å². The molecule has 2 aliphatic heterocycles. The van der Waals surface area contributed by atoms with Gasteiger partial charge in [0.1, 0.15) is 6.10 Å². The molecule has 1 fully saturated rings. The molecule has 0 spiro atoms. The maximum atomic E-state index is 12.5. The molecule has 0 radical (unpaired) electrons. The molecule has 2 N–H and O–H groups in total. The first-order chi connectivity index (χ1) is 9.78. The van der Waals surface area contributed by atoms with E-state index in [0.717, 1.165) is 38.8 Å². The first kappa shape index (κ1) is 13.6. The number of rotatable bonds is 2. The van der Waals surface area contributed by atoms with E-state index in [1.54, 1.807) is 0 Å². The van der Waals surface area contributed by atoms with Crippen LogP contribution in [0.25, 0.3) is 0 Å². The summed E-state index contributed by atoms with van der Waals surface area (Å²) in [6, 6.07) is 8.48. The predicted molar refractivity (Wildman–Crippen MR) is 77.4 cm³/mol. The molecule has 1 amide bonds. The Labute approximate surface area is 119 Å². The highest BCUT2D eigenvalue weighted by Crippen LogP contribution is 2.22. The van der Waals surface area contributed by atoms with Gasteiger partial charge >= 0.3 is 0 Å². The van der Waals surface area contributed by atoms with Gasteiger partial charge in [0.2, 0.25) is 0 Å². The van der Waals surface area contributed by atoms with Crippen LogP contribution in [-0.2, 0) is 22.4 Å². The fourth-order valence-electron chi connectivity index (χ4n) is 3.15. The monoisotopic (exact) mass is 274 g/mol. The molecule has 0 bridgehead atoms. The Morgan fingerprint density at radius 3 is 2.40 bits per heavy atom. The molecule has 0 aliphatic carbocycles. The molecule has 3 rings (SSSR count). The molecule has 2 unspecified atom stereocenters. The van der Waals surface area contributed by atoms with Crippen molar-refractivity contribution in [2.24, 2.45) is 5.73 Å². The van der Waals surface area contributed by atoms with Gasteiger partial charge < -0.3 is 15.4 Å². The summed E-state index contributed by atoms with van der Waals surface area (Å²) in [6.45, 7) is 2.10. The Morgan fingerprint density at radius 1 is 1.20 bits per heavy atom. The fraction of sp³-hybridized carbons (Fsp3) is 0.562. The van der Waals surface area contributed by atoms with E-state index < -0.39 is 0 Å². The van der Waals surface area contributed by atoms with E-state index in [1.807, 2.05) is 4.90 Å². The van der Waals surface area contributed by atoms with Crippen molar-refractivity contribution in [1.82, 2.24) is 4.90 Å². The number of hydrogen-bond donors (Lipinski definition) is 1. The summed E-state index contributed by atoms with van der Waals surface area (Å²) in [5.41, 5.74) is 8.35. The second-order valence-electron chi connectivity index (χ2n) is 5.65. The molecule has 0 aromatic heterocycles. The molecule has 1 aromatic carbocycles. The van der Waals surface area contributed by atoms with Crippen LogP contribution in [0.2, 0.25) is 0 Å². The van der Waals surface area contributed by atoms with Crippen LogP contribution in [0.3, 0.4) is 0 Å². The summed E-state index contributed by atoms with van der Waals surface area (Å²) in [5.74, 6) is 0.147. The lowest BCUT2D eigenvalue weighted by Crippen LogP contribution is -2.41. The molecule has 2 aliphatic rings. The SMILES string of the molecule is NCC1CCC(C(=O)N2CCc3ccccc3CC2)O1. The maximum Gasteiger partial charge on any atom is 0.251 e. The van der Waals surface area contributed by atoms with Crippen molar-refractivity contribution in [3.05, 3.63) is 35.4 Å². The normalized spacial score (nSPS) is 26.1. The van der Waals surface area contributed by atoms with Gasteiger partial charge in [-0.2, -0.15) is 0 Å². The largest absolute Gasteiger partial charge is 0.364 e. The van der Waals surface area contributed by atoms with Crippen LogP contribution in [0, 0.1) is 0 Å². The Kier molecular flexibility index (Phi) is 4.03. The zero-order valence-corrected chi connectivity index (χ0v) is 11.8. The van der Waals surface area contributed by atoms with Crippen molar-refractivity contribution in [2.75, 3.05) is 19.6 Å². The highest BCUT2D eigenvalue weighted by molar-refractivity contribution is 5.81. The number of benzene rings is 1. The third-order valence-corrected chi connectivity index (χ3v) is 4.38. The van der Waals surface area contributed by atoms with Crippen LogP contribution < -0.4 is 5.73 Å². The van der Waals surface area contributed by atoms with E-state index in [4.69, 9.17) is 10.5 Å². The first-order valence-corrected chi connectivity index (χ1v) is 7.49. The van der Waals surface area contributed by atoms with E-state index in [2.05, 4.69) is 24.3 Å². The second kappa shape index (κ2) is 5.94. The van der Waals surface area contributed by atoms with Crippen molar-refractivity contribution in [1.29, 1.82) is 0 Å². The zero-order chi connectivity index (χ0) is 13.9. The van der Waals surface area contributed by atoms with Crippen molar-refractivity contribution in [2.45, 2.75) is 37.9 Å². The minimum Gasteiger partial charge on any atom is -0.364 e. The summed E-state index contributed by atoms with van der Waals surface area (Å²) in [6.07, 6.45) is 3.38. The molecule has 1 saturated heterocycles. The average Bonchev–Trinajstić information content (AvgIpc) is 2.86. The van der Waals surface area contributed by atoms with Crippen molar-refractivity contribution < 1.29 is 9.53 Å². The Hall–Kier alpha value is -1.39. The number of hydrogen-bond acceptors (Lipinski definition) is 3. The molecular weight excluding hydrogens is 252 g/mol. The van der Waals surface area contributed by atoms with E-state index in [0.29, 0.717) is 6.54 Å². The Balaban J connectivity index is 1.63. The first-order valence-electron chi connectivity index (χ1n) is 7.49. The molecule has 4 heteroatoms. The summed E-state index contributed by atoms with van der Waals surface area (Å²) in [7, 11) is 0. The number of fused-ring (bicyclic) bond motifs is 1. The van der Waals surface area contributed by atoms with Crippen molar-refractivity contribution in [3.63, 3.8) is 0 Å². The minimum absolute atomic E-state index is 0.0631. The van der Waals surface area contributed by atoms with Crippen LogP contribution >= 0.6 is 0 Å². The highest BCUT2D eigenvalue weighted by Gasteiger charge is 2.33. The lowest BCUT2D eigenvalue weighted by Gasteiger charge is -2.23. The number of carbonyl (C=O) groups excluding carboxylic acids is 1. The van der Waals surface area contributed by atoms with Gasteiger partial charge in [-0.25, -0.2) is 0 Å². The van der Waals surface area contributed by atoms with E-state index in [1.165, 1.54) is 11.1 Å².